The molecule has 2 rings (SSSR count). The van der Waals surface area contributed by atoms with Gasteiger partial charge in [-0.15, -0.1) is 11.3 Å². The quantitative estimate of drug-likeness (QED) is 0.902. The molecule has 0 unspecified atom stereocenters. The summed E-state index contributed by atoms with van der Waals surface area (Å²) in [5.74, 6) is -0.309. The molecule has 0 radical (unpaired) electrons. The summed E-state index contributed by atoms with van der Waals surface area (Å²) in [5, 5.41) is 10.5. The molecule has 17 heavy (non-hydrogen) atoms. The van der Waals surface area contributed by atoms with Crippen LogP contribution in [0.4, 0.5) is 0 Å². The number of thiophene rings is 1. The molecular weight excluding hydrogens is 236 g/mol. The van der Waals surface area contributed by atoms with E-state index in [4.69, 9.17) is 9.84 Å². The smallest absolute Gasteiger partial charge is 0.346 e. The topological polar surface area (TPSA) is 46.5 Å². The Kier molecular flexibility index (Phi) is 3.44. The molecule has 1 aromatic carbocycles. The van der Waals surface area contributed by atoms with Crippen LogP contribution in [0.15, 0.2) is 35.7 Å². The second kappa shape index (κ2) is 5.01. The summed E-state index contributed by atoms with van der Waals surface area (Å²) in [6.45, 7) is 2.48. The van der Waals surface area contributed by atoms with Crippen molar-refractivity contribution in [2.24, 2.45) is 0 Å². The fraction of sp³-hybridized carbons (Fsp3) is 0.154. The third-order valence-electron chi connectivity index (χ3n) is 2.44. The van der Waals surface area contributed by atoms with E-state index >= 15 is 0 Å². The highest BCUT2D eigenvalue weighted by molar-refractivity contribution is 7.12. The maximum atomic E-state index is 10.7. The lowest BCUT2D eigenvalue weighted by Gasteiger charge is -2.06. The Labute approximate surface area is 103 Å². The summed E-state index contributed by atoms with van der Waals surface area (Å²) in [5.41, 5.74) is 2.27. The molecule has 88 valence electrons. The van der Waals surface area contributed by atoms with E-state index in [1.54, 1.807) is 11.4 Å². The van der Waals surface area contributed by atoms with Gasteiger partial charge in [0.05, 0.1) is 0 Å². The van der Waals surface area contributed by atoms with Crippen molar-refractivity contribution in [3.05, 3.63) is 51.7 Å². The van der Waals surface area contributed by atoms with Gasteiger partial charge in [-0.3, -0.25) is 0 Å². The molecule has 0 bridgehead atoms. The number of carbonyl (C=O) groups is 1. The highest BCUT2D eigenvalue weighted by Crippen LogP contribution is 2.22. The van der Waals surface area contributed by atoms with Gasteiger partial charge in [0.2, 0.25) is 0 Å². The lowest BCUT2D eigenvalue weighted by Crippen LogP contribution is -1.97. The van der Waals surface area contributed by atoms with Crippen LogP contribution < -0.4 is 4.74 Å². The molecule has 0 fully saturated rings. The fourth-order valence-electron chi connectivity index (χ4n) is 1.44. The van der Waals surface area contributed by atoms with E-state index < -0.39 is 5.97 Å². The second-order valence-corrected chi connectivity index (χ2v) is 4.58. The van der Waals surface area contributed by atoms with Crippen molar-refractivity contribution < 1.29 is 14.6 Å². The van der Waals surface area contributed by atoms with Crippen LogP contribution >= 0.6 is 11.3 Å². The molecule has 2 aromatic rings. The maximum Gasteiger partial charge on any atom is 0.346 e. The minimum absolute atomic E-state index is 0.296. The van der Waals surface area contributed by atoms with E-state index in [1.165, 1.54) is 16.9 Å². The molecule has 0 saturated heterocycles. The van der Waals surface area contributed by atoms with Gasteiger partial charge in [0.15, 0.2) is 0 Å². The van der Waals surface area contributed by atoms with Crippen molar-refractivity contribution in [1.29, 1.82) is 0 Å². The molecule has 3 nitrogen and oxygen atoms in total. The van der Waals surface area contributed by atoms with Crippen LogP contribution in [0.1, 0.15) is 20.8 Å². The van der Waals surface area contributed by atoms with Crippen LogP contribution in [0, 0.1) is 6.92 Å². The molecule has 1 heterocycles. The van der Waals surface area contributed by atoms with Crippen molar-refractivity contribution in [2.75, 3.05) is 0 Å². The average molecular weight is 248 g/mol. The Morgan fingerprint density at radius 1 is 1.41 bits per heavy atom. The van der Waals surface area contributed by atoms with Gasteiger partial charge < -0.3 is 9.84 Å². The maximum absolute atomic E-state index is 10.7. The SMILES string of the molecule is Cc1ccccc1COc1csc(C(=O)O)c1. The van der Waals surface area contributed by atoms with E-state index in [0.29, 0.717) is 17.2 Å². The lowest BCUT2D eigenvalue weighted by molar-refractivity contribution is 0.0702. The normalized spacial score (nSPS) is 10.2. The highest BCUT2D eigenvalue weighted by atomic mass is 32.1. The summed E-state index contributed by atoms with van der Waals surface area (Å²) in [4.78, 5) is 11.0. The third-order valence-corrected chi connectivity index (χ3v) is 3.34. The number of aryl methyl sites for hydroxylation is 1. The molecule has 1 N–H and O–H groups in total. The number of carboxylic acid groups (broad SMARTS) is 1. The summed E-state index contributed by atoms with van der Waals surface area (Å²) >= 11 is 1.17. The van der Waals surface area contributed by atoms with Crippen LogP contribution in [0.2, 0.25) is 0 Å². The Hall–Kier alpha value is -1.81. The van der Waals surface area contributed by atoms with Crippen molar-refractivity contribution in [1.82, 2.24) is 0 Å². The molecule has 0 aliphatic heterocycles. The molecular formula is C13H12O3S. The number of aromatic carboxylic acids is 1. The first kappa shape index (κ1) is 11.7. The molecule has 0 aliphatic rings. The van der Waals surface area contributed by atoms with Gasteiger partial charge in [-0.05, 0) is 18.1 Å². The minimum atomic E-state index is -0.916. The van der Waals surface area contributed by atoms with E-state index in [1.807, 2.05) is 31.2 Å². The van der Waals surface area contributed by atoms with Crippen molar-refractivity contribution in [3.8, 4) is 5.75 Å². The van der Waals surface area contributed by atoms with Crippen LogP contribution in [-0.4, -0.2) is 11.1 Å². The Morgan fingerprint density at radius 2 is 2.18 bits per heavy atom. The predicted octanol–water partition coefficient (Wildman–Crippen LogP) is 3.33. The second-order valence-electron chi connectivity index (χ2n) is 3.67. The zero-order valence-electron chi connectivity index (χ0n) is 9.34. The Balaban J connectivity index is 2.02. The van der Waals surface area contributed by atoms with Crippen LogP contribution in [0.5, 0.6) is 5.75 Å². The first-order valence-corrected chi connectivity index (χ1v) is 6.04. The van der Waals surface area contributed by atoms with Gasteiger partial charge in [0.1, 0.15) is 17.2 Å². The van der Waals surface area contributed by atoms with Crippen molar-refractivity contribution in [2.45, 2.75) is 13.5 Å². The lowest BCUT2D eigenvalue weighted by atomic mass is 10.1. The van der Waals surface area contributed by atoms with Gasteiger partial charge in [-0.2, -0.15) is 0 Å². The molecule has 4 heteroatoms. The summed E-state index contributed by atoms with van der Waals surface area (Å²) in [6, 6.07) is 9.51. The summed E-state index contributed by atoms with van der Waals surface area (Å²) in [6.07, 6.45) is 0. The van der Waals surface area contributed by atoms with E-state index in [-0.39, 0.29) is 0 Å². The molecule has 0 aliphatic carbocycles. The number of rotatable bonds is 4. The molecule has 0 saturated carbocycles. The van der Waals surface area contributed by atoms with Crippen LogP contribution in [0.25, 0.3) is 0 Å². The molecule has 0 atom stereocenters. The number of benzene rings is 1. The molecule has 0 amide bonds. The highest BCUT2D eigenvalue weighted by Gasteiger charge is 2.07. The van der Waals surface area contributed by atoms with Crippen LogP contribution in [0.3, 0.4) is 0 Å². The fourth-order valence-corrected chi connectivity index (χ4v) is 2.10. The number of hydrogen-bond donors (Lipinski definition) is 1. The predicted molar refractivity (Wildman–Crippen MR) is 66.8 cm³/mol. The Morgan fingerprint density at radius 3 is 2.82 bits per heavy atom. The first-order valence-electron chi connectivity index (χ1n) is 5.16. The van der Waals surface area contributed by atoms with Gasteiger partial charge in [-0.1, -0.05) is 24.3 Å². The first-order chi connectivity index (χ1) is 8.16. The van der Waals surface area contributed by atoms with Gasteiger partial charge >= 0.3 is 5.97 Å². The summed E-state index contributed by atoms with van der Waals surface area (Å²) in [7, 11) is 0. The van der Waals surface area contributed by atoms with Crippen molar-refractivity contribution in [3.63, 3.8) is 0 Å². The van der Waals surface area contributed by atoms with Crippen LogP contribution in [-0.2, 0) is 6.61 Å². The Bertz CT molecular complexity index is 531. The van der Waals surface area contributed by atoms with E-state index in [9.17, 15) is 4.79 Å². The third kappa shape index (κ3) is 2.85. The number of ether oxygens (including phenoxy) is 1. The number of carboxylic acids is 1. The molecule has 1 aromatic heterocycles. The zero-order valence-corrected chi connectivity index (χ0v) is 10.2. The standard InChI is InChI=1S/C13H12O3S/c1-9-4-2-3-5-10(9)7-16-11-6-12(13(14)15)17-8-11/h2-6,8H,7H2,1H3,(H,14,15). The minimum Gasteiger partial charge on any atom is -0.488 e. The zero-order chi connectivity index (χ0) is 12.3. The van der Waals surface area contributed by atoms with Crippen molar-refractivity contribution >= 4 is 17.3 Å². The van der Waals surface area contributed by atoms with E-state index in [2.05, 4.69) is 0 Å². The van der Waals surface area contributed by atoms with E-state index in [0.717, 1.165) is 5.56 Å². The molecule has 0 spiro atoms. The summed E-state index contributed by atoms with van der Waals surface area (Å²) < 4.78 is 5.55. The van der Waals surface area contributed by atoms with Gasteiger partial charge in [-0.25, -0.2) is 4.79 Å². The van der Waals surface area contributed by atoms with Gasteiger partial charge in [0, 0.05) is 11.4 Å². The monoisotopic (exact) mass is 248 g/mol. The largest absolute Gasteiger partial charge is 0.488 e. The van der Waals surface area contributed by atoms with Gasteiger partial charge in [0.25, 0.3) is 0 Å². The average Bonchev–Trinajstić information content (AvgIpc) is 2.77. The number of hydrogen-bond acceptors (Lipinski definition) is 3.